The predicted molar refractivity (Wildman–Crippen MR) is 79.6 cm³/mol. The molecular formula is C17H22O2. The zero-order valence-electron chi connectivity index (χ0n) is 11.9. The Hall–Kier alpha value is -1.54. The molecule has 0 bridgehead atoms. The van der Waals surface area contributed by atoms with Crippen LogP contribution in [-0.2, 0) is 0 Å². The largest absolute Gasteiger partial charge is 0.489 e. The van der Waals surface area contributed by atoms with Crippen molar-refractivity contribution in [2.45, 2.75) is 45.8 Å². The van der Waals surface area contributed by atoms with Crippen molar-refractivity contribution < 1.29 is 9.84 Å². The first-order valence-electron chi connectivity index (χ1n) is 7.03. The van der Waals surface area contributed by atoms with E-state index in [1.54, 1.807) is 6.92 Å². The van der Waals surface area contributed by atoms with Gasteiger partial charge in [-0.15, -0.1) is 0 Å². The first-order chi connectivity index (χ1) is 9.17. The molecule has 0 aromatic heterocycles. The fourth-order valence-corrected chi connectivity index (χ4v) is 2.34. The number of ether oxygens (including phenoxy) is 1. The number of aliphatic hydroxyl groups excluding tert-OH is 1. The molecule has 2 aromatic rings. The van der Waals surface area contributed by atoms with Crippen LogP contribution >= 0.6 is 0 Å². The Kier molecular flexibility index (Phi) is 4.43. The highest BCUT2D eigenvalue weighted by Gasteiger charge is 2.15. The molecule has 19 heavy (non-hydrogen) atoms. The van der Waals surface area contributed by atoms with Crippen LogP contribution in [0.4, 0.5) is 0 Å². The number of hydrogen-bond donors (Lipinski definition) is 1. The summed E-state index contributed by atoms with van der Waals surface area (Å²) in [5, 5.41) is 12.2. The van der Waals surface area contributed by atoms with E-state index in [1.807, 2.05) is 24.3 Å². The van der Waals surface area contributed by atoms with E-state index >= 15 is 0 Å². The van der Waals surface area contributed by atoms with Crippen molar-refractivity contribution in [3.05, 3.63) is 42.0 Å². The second-order valence-electron chi connectivity index (χ2n) is 4.94. The fraction of sp³-hybridized carbons (Fsp3) is 0.412. The van der Waals surface area contributed by atoms with Gasteiger partial charge in [0.2, 0.25) is 0 Å². The molecule has 0 aliphatic heterocycles. The standard InChI is InChI=1S/C17H22O2/c1-4-14(5-2)19-17-15(12(3)18)11-10-13-8-6-7-9-16(13)17/h6-12,14,18H,4-5H2,1-3H3. The van der Waals surface area contributed by atoms with Crippen molar-refractivity contribution in [1.82, 2.24) is 0 Å². The summed E-state index contributed by atoms with van der Waals surface area (Å²) in [4.78, 5) is 0. The number of benzene rings is 2. The maximum absolute atomic E-state index is 9.94. The van der Waals surface area contributed by atoms with E-state index in [-0.39, 0.29) is 6.10 Å². The average Bonchev–Trinajstić information content (AvgIpc) is 2.44. The van der Waals surface area contributed by atoms with Gasteiger partial charge in [-0.1, -0.05) is 50.2 Å². The van der Waals surface area contributed by atoms with Gasteiger partial charge < -0.3 is 9.84 Å². The van der Waals surface area contributed by atoms with Crippen LogP contribution < -0.4 is 4.74 Å². The summed E-state index contributed by atoms with van der Waals surface area (Å²) in [6.45, 7) is 6.03. The summed E-state index contributed by atoms with van der Waals surface area (Å²) in [6, 6.07) is 12.2. The molecule has 0 saturated carbocycles. The summed E-state index contributed by atoms with van der Waals surface area (Å²) in [5.74, 6) is 0.835. The van der Waals surface area contributed by atoms with Gasteiger partial charge >= 0.3 is 0 Å². The lowest BCUT2D eigenvalue weighted by Crippen LogP contribution is -2.15. The van der Waals surface area contributed by atoms with E-state index in [4.69, 9.17) is 4.74 Å². The molecule has 0 saturated heterocycles. The van der Waals surface area contributed by atoms with Gasteiger partial charge in [0.05, 0.1) is 12.2 Å². The Morgan fingerprint density at radius 2 is 1.74 bits per heavy atom. The van der Waals surface area contributed by atoms with Crippen LogP contribution in [0.3, 0.4) is 0 Å². The highest BCUT2D eigenvalue weighted by Crippen LogP contribution is 2.34. The van der Waals surface area contributed by atoms with Crippen LogP contribution in [-0.4, -0.2) is 11.2 Å². The van der Waals surface area contributed by atoms with E-state index < -0.39 is 6.10 Å². The Labute approximate surface area is 115 Å². The van der Waals surface area contributed by atoms with Crippen LogP contribution in [0.2, 0.25) is 0 Å². The minimum Gasteiger partial charge on any atom is -0.489 e. The summed E-state index contributed by atoms with van der Waals surface area (Å²) >= 11 is 0. The van der Waals surface area contributed by atoms with Crippen LogP contribution in [0.25, 0.3) is 10.8 Å². The second-order valence-corrected chi connectivity index (χ2v) is 4.94. The second kappa shape index (κ2) is 6.07. The number of hydrogen-bond acceptors (Lipinski definition) is 2. The van der Waals surface area contributed by atoms with Crippen molar-refractivity contribution in [3.63, 3.8) is 0 Å². The maximum Gasteiger partial charge on any atom is 0.133 e. The summed E-state index contributed by atoms with van der Waals surface area (Å²) in [6.07, 6.45) is 1.62. The topological polar surface area (TPSA) is 29.5 Å². The number of aliphatic hydroxyl groups is 1. The molecule has 2 rings (SSSR count). The van der Waals surface area contributed by atoms with Gasteiger partial charge in [-0.2, -0.15) is 0 Å². The molecule has 2 heteroatoms. The van der Waals surface area contributed by atoms with Crippen molar-refractivity contribution in [2.75, 3.05) is 0 Å². The fourth-order valence-electron chi connectivity index (χ4n) is 2.34. The lowest BCUT2D eigenvalue weighted by Gasteiger charge is -2.21. The quantitative estimate of drug-likeness (QED) is 0.858. The molecule has 1 atom stereocenters. The summed E-state index contributed by atoms with van der Waals surface area (Å²) in [7, 11) is 0. The highest BCUT2D eigenvalue weighted by atomic mass is 16.5. The first-order valence-corrected chi connectivity index (χ1v) is 7.03. The highest BCUT2D eigenvalue weighted by molar-refractivity contribution is 5.89. The third-order valence-corrected chi connectivity index (χ3v) is 3.56. The normalized spacial score (nSPS) is 12.9. The van der Waals surface area contributed by atoms with Crippen molar-refractivity contribution >= 4 is 10.8 Å². The minimum atomic E-state index is -0.519. The number of rotatable bonds is 5. The summed E-state index contributed by atoms with van der Waals surface area (Å²) in [5.41, 5.74) is 0.866. The molecule has 2 nitrogen and oxygen atoms in total. The molecule has 102 valence electrons. The van der Waals surface area contributed by atoms with E-state index in [0.29, 0.717) is 0 Å². The molecule has 0 heterocycles. The SMILES string of the molecule is CCC(CC)Oc1c(C(C)O)ccc2ccccc12. The van der Waals surface area contributed by atoms with Crippen molar-refractivity contribution in [2.24, 2.45) is 0 Å². The smallest absolute Gasteiger partial charge is 0.133 e. The molecule has 2 aromatic carbocycles. The van der Waals surface area contributed by atoms with Gasteiger partial charge in [0.1, 0.15) is 5.75 Å². The molecule has 0 radical (unpaired) electrons. The van der Waals surface area contributed by atoms with Gasteiger partial charge in [-0.05, 0) is 25.2 Å². The van der Waals surface area contributed by atoms with Gasteiger partial charge in [-0.3, -0.25) is 0 Å². The van der Waals surface area contributed by atoms with Crippen molar-refractivity contribution in [1.29, 1.82) is 0 Å². The van der Waals surface area contributed by atoms with E-state index in [2.05, 4.69) is 26.0 Å². The maximum atomic E-state index is 9.94. The zero-order valence-corrected chi connectivity index (χ0v) is 11.9. The zero-order chi connectivity index (χ0) is 13.8. The van der Waals surface area contributed by atoms with E-state index in [0.717, 1.165) is 34.9 Å². The Morgan fingerprint density at radius 1 is 1.05 bits per heavy atom. The van der Waals surface area contributed by atoms with E-state index in [1.165, 1.54) is 0 Å². The third-order valence-electron chi connectivity index (χ3n) is 3.56. The molecule has 1 N–H and O–H groups in total. The van der Waals surface area contributed by atoms with Crippen LogP contribution in [0, 0.1) is 0 Å². The van der Waals surface area contributed by atoms with Crippen LogP contribution in [0.5, 0.6) is 5.75 Å². The van der Waals surface area contributed by atoms with Gasteiger partial charge in [0.25, 0.3) is 0 Å². The average molecular weight is 258 g/mol. The van der Waals surface area contributed by atoms with E-state index in [9.17, 15) is 5.11 Å². The number of fused-ring (bicyclic) bond motifs is 1. The first kappa shape index (κ1) is 13.9. The Morgan fingerprint density at radius 3 is 2.37 bits per heavy atom. The molecule has 0 aliphatic carbocycles. The van der Waals surface area contributed by atoms with Gasteiger partial charge in [-0.25, -0.2) is 0 Å². The molecular weight excluding hydrogens is 236 g/mol. The lowest BCUT2D eigenvalue weighted by atomic mass is 10.0. The monoisotopic (exact) mass is 258 g/mol. The molecule has 1 unspecified atom stereocenters. The Bertz CT molecular complexity index is 542. The minimum absolute atomic E-state index is 0.198. The predicted octanol–water partition coefficient (Wildman–Crippen LogP) is 4.46. The van der Waals surface area contributed by atoms with Gasteiger partial charge in [0, 0.05) is 10.9 Å². The Balaban J connectivity index is 2.55. The summed E-state index contributed by atoms with van der Waals surface area (Å²) < 4.78 is 6.16. The molecule has 0 fully saturated rings. The lowest BCUT2D eigenvalue weighted by molar-refractivity contribution is 0.168. The van der Waals surface area contributed by atoms with Crippen molar-refractivity contribution in [3.8, 4) is 5.75 Å². The van der Waals surface area contributed by atoms with Gasteiger partial charge in [0.15, 0.2) is 0 Å². The van der Waals surface area contributed by atoms with Crippen LogP contribution in [0.1, 0.15) is 45.3 Å². The molecule has 0 spiro atoms. The third kappa shape index (κ3) is 2.90. The van der Waals surface area contributed by atoms with Crippen LogP contribution in [0.15, 0.2) is 36.4 Å². The molecule has 0 amide bonds. The molecule has 0 aliphatic rings.